The van der Waals surface area contributed by atoms with Crippen LogP contribution in [0.2, 0.25) is 0 Å². The summed E-state index contributed by atoms with van der Waals surface area (Å²) in [6.07, 6.45) is 5.78. The minimum atomic E-state index is -0.784. The first kappa shape index (κ1) is 12.8. The Kier molecular flexibility index (Phi) is 2.99. The maximum Gasteiger partial charge on any atom is 0.0800 e. The standard InChI is InChI=1S/C15H24O2/c1-10-5-6-11(14(2,3)16)9-13-12(10)7-8-15(13,4)17/h9,12-13,16-17H,1,5-8H2,2-4H3/t12-,13-,15+/m0/s1. The van der Waals surface area contributed by atoms with Gasteiger partial charge in [0.05, 0.1) is 11.2 Å². The van der Waals surface area contributed by atoms with Crippen LogP contribution in [0, 0.1) is 11.8 Å². The Labute approximate surface area is 104 Å². The van der Waals surface area contributed by atoms with Gasteiger partial charge in [0.15, 0.2) is 0 Å². The third-order valence-corrected chi connectivity index (χ3v) is 4.52. The van der Waals surface area contributed by atoms with Crippen molar-refractivity contribution in [3.8, 4) is 0 Å². The highest BCUT2D eigenvalue weighted by atomic mass is 16.3. The topological polar surface area (TPSA) is 40.5 Å². The lowest BCUT2D eigenvalue weighted by Gasteiger charge is -2.28. The summed E-state index contributed by atoms with van der Waals surface area (Å²) < 4.78 is 0. The molecule has 2 N–H and O–H groups in total. The molecule has 0 aromatic heterocycles. The minimum Gasteiger partial charge on any atom is -0.390 e. The van der Waals surface area contributed by atoms with Crippen LogP contribution in [0.3, 0.4) is 0 Å². The summed E-state index contributed by atoms with van der Waals surface area (Å²) in [6.45, 7) is 9.73. The van der Waals surface area contributed by atoms with Gasteiger partial charge in [-0.25, -0.2) is 0 Å². The zero-order valence-electron chi connectivity index (χ0n) is 11.2. The van der Waals surface area contributed by atoms with Crippen molar-refractivity contribution in [2.75, 3.05) is 0 Å². The van der Waals surface area contributed by atoms with E-state index >= 15 is 0 Å². The van der Waals surface area contributed by atoms with E-state index in [1.54, 1.807) is 0 Å². The van der Waals surface area contributed by atoms with Crippen LogP contribution in [0.25, 0.3) is 0 Å². The second kappa shape index (κ2) is 3.96. The molecule has 2 rings (SSSR count). The second-order valence-corrected chi connectivity index (χ2v) is 6.44. The summed E-state index contributed by atoms with van der Waals surface area (Å²) in [7, 11) is 0. The molecule has 0 aromatic carbocycles. The predicted octanol–water partition coefficient (Wildman–Crippen LogP) is 2.81. The Hall–Kier alpha value is -0.600. The molecule has 2 aliphatic rings. The summed E-state index contributed by atoms with van der Waals surface area (Å²) in [5.74, 6) is 0.517. The smallest absolute Gasteiger partial charge is 0.0800 e. The van der Waals surface area contributed by atoms with Gasteiger partial charge in [0.25, 0.3) is 0 Å². The maximum absolute atomic E-state index is 10.4. The van der Waals surface area contributed by atoms with E-state index in [1.807, 2.05) is 20.8 Å². The second-order valence-electron chi connectivity index (χ2n) is 6.44. The number of rotatable bonds is 1. The van der Waals surface area contributed by atoms with Crippen molar-refractivity contribution in [3.63, 3.8) is 0 Å². The normalized spacial score (nSPS) is 38.6. The van der Waals surface area contributed by atoms with Crippen molar-refractivity contribution in [2.24, 2.45) is 11.8 Å². The molecule has 96 valence electrons. The van der Waals surface area contributed by atoms with Crippen molar-refractivity contribution in [3.05, 3.63) is 23.8 Å². The molecule has 0 bridgehead atoms. The molecule has 0 radical (unpaired) electrons. The molecule has 0 heterocycles. The number of allylic oxidation sites excluding steroid dienone is 1. The number of aliphatic hydroxyl groups is 2. The summed E-state index contributed by atoms with van der Waals surface area (Å²) in [6, 6.07) is 0. The first-order valence-corrected chi connectivity index (χ1v) is 6.55. The van der Waals surface area contributed by atoms with E-state index < -0.39 is 11.2 Å². The largest absolute Gasteiger partial charge is 0.390 e. The van der Waals surface area contributed by atoms with Crippen LogP contribution in [0.1, 0.15) is 46.5 Å². The van der Waals surface area contributed by atoms with Gasteiger partial charge in [0.2, 0.25) is 0 Å². The Morgan fingerprint density at radius 2 is 2.06 bits per heavy atom. The molecule has 17 heavy (non-hydrogen) atoms. The molecule has 0 unspecified atom stereocenters. The molecule has 3 atom stereocenters. The summed E-state index contributed by atoms with van der Waals surface area (Å²) >= 11 is 0. The highest BCUT2D eigenvalue weighted by molar-refractivity contribution is 5.27. The van der Waals surface area contributed by atoms with Crippen molar-refractivity contribution in [2.45, 2.75) is 57.7 Å². The SMILES string of the molecule is C=C1CCC(C(C)(C)O)=C[C@H]2[C@H]1CC[C@@]2(C)O. The molecule has 2 nitrogen and oxygen atoms in total. The van der Waals surface area contributed by atoms with Gasteiger partial charge in [-0.2, -0.15) is 0 Å². The van der Waals surface area contributed by atoms with E-state index in [4.69, 9.17) is 0 Å². The molecule has 0 saturated heterocycles. The Morgan fingerprint density at radius 3 is 2.65 bits per heavy atom. The number of fused-ring (bicyclic) bond motifs is 1. The van der Waals surface area contributed by atoms with Crippen LogP contribution in [-0.4, -0.2) is 21.4 Å². The molecule has 1 fully saturated rings. The van der Waals surface area contributed by atoms with E-state index in [9.17, 15) is 10.2 Å². The molecule has 0 spiro atoms. The Bertz CT molecular complexity index is 358. The number of hydrogen-bond acceptors (Lipinski definition) is 2. The molecule has 0 aliphatic heterocycles. The van der Waals surface area contributed by atoms with E-state index in [1.165, 1.54) is 5.57 Å². The van der Waals surface area contributed by atoms with Crippen LogP contribution < -0.4 is 0 Å². The van der Waals surface area contributed by atoms with Gasteiger partial charge in [-0.1, -0.05) is 18.2 Å². The lowest BCUT2D eigenvalue weighted by molar-refractivity contribution is 0.0320. The van der Waals surface area contributed by atoms with Gasteiger partial charge in [-0.15, -0.1) is 0 Å². The molecule has 0 amide bonds. The first-order chi connectivity index (χ1) is 7.72. The minimum absolute atomic E-state index is 0.124. The van der Waals surface area contributed by atoms with Crippen LogP contribution in [0.15, 0.2) is 23.8 Å². The van der Waals surface area contributed by atoms with Crippen LogP contribution >= 0.6 is 0 Å². The highest BCUT2D eigenvalue weighted by Crippen LogP contribution is 2.48. The Morgan fingerprint density at radius 1 is 1.41 bits per heavy atom. The monoisotopic (exact) mass is 236 g/mol. The van der Waals surface area contributed by atoms with E-state index in [-0.39, 0.29) is 5.92 Å². The van der Waals surface area contributed by atoms with E-state index in [0.29, 0.717) is 5.92 Å². The van der Waals surface area contributed by atoms with Crippen LogP contribution in [-0.2, 0) is 0 Å². The first-order valence-electron chi connectivity index (χ1n) is 6.55. The maximum atomic E-state index is 10.4. The summed E-state index contributed by atoms with van der Waals surface area (Å²) in [4.78, 5) is 0. The van der Waals surface area contributed by atoms with E-state index in [2.05, 4.69) is 12.7 Å². The molecule has 2 aliphatic carbocycles. The summed E-state index contributed by atoms with van der Waals surface area (Å²) in [5, 5.41) is 20.6. The van der Waals surface area contributed by atoms with Gasteiger partial charge < -0.3 is 10.2 Å². The van der Waals surface area contributed by atoms with Crippen molar-refractivity contribution < 1.29 is 10.2 Å². The fraction of sp³-hybridized carbons (Fsp3) is 0.733. The fourth-order valence-electron chi connectivity index (χ4n) is 3.27. The zero-order chi connectivity index (χ0) is 12.8. The van der Waals surface area contributed by atoms with E-state index in [0.717, 1.165) is 31.3 Å². The van der Waals surface area contributed by atoms with Crippen molar-refractivity contribution in [1.82, 2.24) is 0 Å². The summed E-state index contributed by atoms with van der Waals surface area (Å²) in [5.41, 5.74) is 0.860. The predicted molar refractivity (Wildman–Crippen MR) is 69.6 cm³/mol. The van der Waals surface area contributed by atoms with Gasteiger partial charge >= 0.3 is 0 Å². The highest BCUT2D eigenvalue weighted by Gasteiger charge is 2.45. The lowest BCUT2D eigenvalue weighted by atomic mass is 9.83. The average Bonchev–Trinajstić information content (AvgIpc) is 2.37. The molecule has 0 aromatic rings. The van der Waals surface area contributed by atoms with Crippen molar-refractivity contribution >= 4 is 0 Å². The van der Waals surface area contributed by atoms with Gasteiger partial charge in [-0.3, -0.25) is 0 Å². The third-order valence-electron chi connectivity index (χ3n) is 4.52. The lowest BCUT2D eigenvalue weighted by Crippen LogP contribution is -2.31. The van der Waals surface area contributed by atoms with Gasteiger partial charge in [0.1, 0.15) is 0 Å². The van der Waals surface area contributed by atoms with Crippen LogP contribution in [0.4, 0.5) is 0 Å². The molecular formula is C15H24O2. The quantitative estimate of drug-likeness (QED) is 0.687. The fourth-order valence-corrected chi connectivity index (χ4v) is 3.27. The number of hydrogen-bond donors (Lipinski definition) is 2. The molecule has 2 heteroatoms. The average molecular weight is 236 g/mol. The van der Waals surface area contributed by atoms with Crippen LogP contribution in [0.5, 0.6) is 0 Å². The van der Waals surface area contributed by atoms with Gasteiger partial charge in [-0.05, 0) is 57.9 Å². The zero-order valence-corrected chi connectivity index (χ0v) is 11.2. The molecular weight excluding hydrogens is 212 g/mol. The van der Waals surface area contributed by atoms with Crippen molar-refractivity contribution in [1.29, 1.82) is 0 Å². The molecule has 1 saturated carbocycles. The third kappa shape index (κ3) is 2.34. The van der Waals surface area contributed by atoms with Gasteiger partial charge in [0, 0.05) is 5.92 Å². The Balaban J connectivity index is 2.38.